The zero-order chi connectivity index (χ0) is 12.5. The number of nitrogens with one attached hydrogen (secondary N) is 1. The molecule has 1 amide bonds. The number of rotatable bonds is 4. The molecule has 2 atom stereocenters. The molecule has 18 heavy (non-hydrogen) atoms. The molecule has 2 saturated carbocycles. The molecule has 96 valence electrons. The number of carbonyl (C=O) groups excluding carboxylic acids is 1. The largest absolute Gasteiger partial charge is 0.330 e. The fourth-order valence-electron chi connectivity index (χ4n) is 3.36. The van der Waals surface area contributed by atoms with Crippen LogP contribution in [0.2, 0.25) is 0 Å². The van der Waals surface area contributed by atoms with Crippen LogP contribution in [-0.2, 0) is 11.2 Å². The highest BCUT2D eigenvalue weighted by molar-refractivity contribution is 5.95. The van der Waals surface area contributed by atoms with E-state index < -0.39 is 0 Å². The Labute approximate surface area is 108 Å². The molecule has 0 heterocycles. The fraction of sp³-hybridized carbons (Fsp3) is 0.533. The van der Waals surface area contributed by atoms with Crippen LogP contribution in [-0.4, -0.2) is 12.5 Å². The van der Waals surface area contributed by atoms with Gasteiger partial charge in [0.1, 0.15) is 0 Å². The van der Waals surface area contributed by atoms with Crippen molar-refractivity contribution in [3.05, 3.63) is 29.8 Å². The summed E-state index contributed by atoms with van der Waals surface area (Å²) in [5.41, 5.74) is 7.64. The lowest BCUT2D eigenvalue weighted by Gasteiger charge is -2.07. The molecule has 3 rings (SSSR count). The van der Waals surface area contributed by atoms with Gasteiger partial charge in [0.15, 0.2) is 0 Å². The van der Waals surface area contributed by atoms with Crippen LogP contribution >= 0.6 is 0 Å². The van der Waals surface area contributed by atoms with E-state index in [-0.39, 0.29) is 5.91 Å². The highest BCUT2D eigenvalue weighted by atomic mass is 16.2. The first kappa shape index (κ1) is 11.7. The molecule has 1 aromatic carbocycles. The summed E-state index contributed by atoms with van der Waals surface area (Å²) in [6, 6.07) is 8.02. The first-order valence-corrected chi connectivity index (χ1v) is 6.89. The van der Waals surface area contributed by atoms with Gasteiger partial charge in [0.25, 0.3) is 0 Å². The number of hydrogen-bond acceptors (Lipinski definition) is 2. The predicted molar refractivity (Wildman–Crippen MR) is 72.2 cm³/mol. The van der Waals surface area contributed by atoms with Gasteiger partial charge in [-0.3, -0.25) is 4.79 Å². The number of hydrogen-bond donors (Lipinski definition) is 2. The van der Waals surface area contributed by atoms with E-state index in [2.05, 4.69) is 5.32 Å². The van der Waals surface area contributed by atoms with Crippen molar-refractivity contribution in [1.82, 2.24) is 0 Å². The van der Waals surface area contributed by atoms with Gasteiger partial charge in [-0.1, -0.05) is 18.6 Å². The minimum Gasteiger partial charge on any atom is -0.330 e. The summed E-state index contributed by atoms with van der Waals surface area (Å²) in [4.78, 5) is 12.1. The maximum Gasteiger partial charge on any atom is 0.228 e. The van der Waals surface area contributed by atoms with E-state index >= 15 is 0 Å². The van der Waals surface area contributed by atoms with E-state index in [0.29, 0.717) is 24.3 Å². The van der Waals surface area contributed by atoms with Gasteiger partial charge in [0.05, 0.1) is 0 Å². The maximum atomic E-state index is 12.1. The van der Waals surface area contributed by atoms with Crippen molar-refractivity contribution in [1.29, 1.82) is 0 Å². The van der Waals surface area contributed by atoms with Gasteiger partial charge in [-0.15, -0.1) is 0 Å². The first-order valence-electron chi connectivity index (χ1n) is 6.89. The Balaban J connectivity index is 1.57. The van der Waals surface area contributed by atoms with E-state index in [0.717, 1.165) is 12.1 Å². The highest BCUT2D eigenvalue weighted by Gasteiger charge is 2.56. The molecule has 0 bridgehead atoms. The lowest BCUT2D eigenvalue weighted by Crippen LogP contribution is -2.16. The molecular formula is C15H20N2O. The van der Waals surface area contributed by atoms with Crippen LogP contribution in [0.1, 0.15) is 24.8 Å². The van der Waals surface area contributed by atoms with E-state index in [9.17, 15) is 4.79 Å². The van der Waals surface area contributed by atoms with Crippen LogP contribution in [0.3, 0.4) is 0 Å². The molecule has 3 nitrogen and oxygen atoms in total. The van der Waals surface area contributed by atoms with Gasteiger partial charge in [-0.05, 0) is 55.3 Å². The van der Waals surface area contributed by atoms with Gasteiger partial charge in [-0.2, -0.15) is 0 Å². The topological polar surface area (TPSA) is 55.1 Å². The molecule has 0 radical (unpaired) electrons. The zero-order valence-corrected chi connectivity index (χ0v) is 10.6. The van der Waals surface area contributed by atoms with E-state index in [1.807, 2.05) is 24.3 Å². The number of amides is 1. The molecule has 3 heteroatoms. The maximum absolute atomic E-state index is 12.1. The average Bonchev–Trinajstić information content (AvgIpc) is 2.86. The molecule has 0 spiro atoms. The smallest absolute Gasteiger partial charge is 0.228 e. The van der Waals surface area contributed by atoms with Crippen LogP contribution in [0, 0.1) is 17.8 Å². The molecule has 1 aromatic rings. The normalized spacial score (nSPS) is 28.8. The van der Waals surface area contributed by atoms with Gasteiger partial charge in [-0.25, -0.2) is 0 Å². The predicted octanol–water partition coefficient (Wildman–Crippen LogP) is 2.17. The van der Waals surface area contributed by atoms with Crippen LogP contribution in [0.25, 0.3) is 0 Å². The number of benzene rings is 1. The van der Waals surface area contributed by atoms with Gasteiger partial charge >= 0.3 is 0 Å². The van der Waals surface area contributed by atoms with E-state index in [4.69, 9.17) is 5.73 Å². The monoisotopic (exact) mass is 244 g/mol. The van der Waals surface area contributed by atoms with Crippen LogP contribution in [0.4, 0.5) is 5.69 Å². The number of anilines is 1. The quantitative estimate of drug-likeness (QED) is 0.853. The second kappa shape index (κ2) is 4.73. The lowest BCUT2D eigenvalue weighted by molar-refractivity contribution is -0.118. The first-order chi connectivity index (χ1) is 8.79. The lowest BCUT2D eigenvalue weighted by atomic mass is 10.1. The molecule has 3 N–H and O–H groups in total. The molecule has 2 aliphatic carbocycles. The summed E-state index contributed by atoms with van der Waals surface area (Å²) in [5, 5.41) is 3.03. The molecule has 0 saturated heterocycles. The summed E-state index contributed by atoms with van der Waals surface area (Å²) in [5.74, 6) is 1.88. The van der Waals surface area contributed by atoms with Crippen molar-refractivity contribution >= 4 is 11.6 Å². The van der Waals surface area contributed by atoms with Crippen molar-refractivity contribution in [3.63, 3.8) is 0 Å². The average molecular weight is 244 g/mol. The minimum absolute atomic E-state index is 0.219. The fourth-order valence-corrected chi connectivity index (χ4v) is 3.36. The SMILES string of the molecule is NCCc1ccc(NC(=O)C2C3CCCC32)cc1. The van der Waals surface area contributed by atoms with Gasteiger partial charge in [0.2, 0.25) is 5.91 Å². The number of carbonyl (C=O) groups is 1. The van der Waals surface area contributed by atoms with Crippen molar-refractivity contribution in [2.45, 2.75) is 25.7 Å². The van der Waals surface area contributed by atoms with Gasteiger partial charge < -0.3 is 11.1 Å². The third-order valence-electron chi connectivity index (χ3n) is 4.36. The summed E-state index contributed by atoms with van der Waals surface area (Å²) in [6.45, 7) is 0.664. The van der Waals surface area contributed by atoms with E-state index in [1.54, 1.807) is 0 Å². The Hall–Kier alpha value is -1.35. The highest BCUT2D eigenvalue weighted by Crippen LogP contribution is 2.57. The summed E-state index contributed by atoms with van der Waals surface area (Å²) < 4.78 is 0. The van der Waals surface area contributed by atoms with Crippen molar-refractivity contribution < 1.29 is 4.79 Å². The Morgan fingerprint density at radius 2 is 1.89 bits per heavy atom. The second-order valence-electron chi connectivity index (χ2n) is 5.51. The Morgan fingerprint density at radius 3 is 2.50 bits per heavy atom. The second-order valence-corrected chi connectivity index (χ2v) is 5.51. The minimum atomic E-state index is 0.219. The molecular weight excluding hydrogens is 224 g/mol. The van der Waals surface area contributed by atoms with Crippen LogP contribution < -0.4 is 11.1 Å². The van der Waals surface area contributed by atoms with Crippen molar-refractivity contribution in [2.24, 2.45) is 23.5 Å². The van der Waals surface area contributed by atoms with Gasteiger partial charge in [0, 0.05) is 11.6 Å². The number of fused-ring (bicyclic) bond motifs is 1. The third-order valence-corrected chi connectivity index (χ3v) is 4.36. The zero-order valence-electron chi connectivity index (χ0n) is 10.6. The van der Waals surface area contributed by atoms with Crippen molar-refractivity contribution in [2.75, 3.05) is 11.9 Å². The molecule has 2 fully saturated rings. The Bertz CT molecular complexity index is 430. The molecule has 0 aromatic heterocycles. The summed E-state index contributed by atoms with van der Waals surface area (Å²) >= 11 is 0. The van der Waals surface area contributed by atoms with E-state index in [1.165, 1.54) is 24.8 Å². The molecule has 2 unspecified atom stereocenters. The summed E-state index contributed by atoms with van der Waals surface area (Å²) in [6.07, 6.45) is 4.70. The standard InChI is InChI=1S/C15H20N2O/c16-9-8-10-4-6-11(7-5-10)17-15(18)14-12-2-1-3-13(12)14/h4-7,12-14H,1-3,8-9,16H2,(H,17,18). The Kier molecular flexibility index (Phi) is 3.08. The Morgan fingerprint density at radius 1 is 1.22 bits per heavy atom. The third kappa shape index (κ3) is 2.15. The summed E-state index contributed by atoms with van der Waals surface area (Å²) in [7, 11) is 0. The van der Waals surface area contributed by atoms with Crippen LogP contribution in [0.5, 0.6) is 0 Å². The molecule has 2 aliphatic rings. The number of nitrogens with two attached hydrogens (primary N) is 1. The molecule has 0 aliphatic heterocycles. The van der Waals surface area contributed by atoms with Crippen LogP contribution in [0.15, 0.2) is 24.3 Å². The van der Waals surface area contributed by atoms with Crippen molar-refractivity contribution in [3.8, 4) is 0 Å².